The molecule has 0 bridgehead atoms. The molecule has 0 aliphatic heterocycles. The number of fused-ring (bicyclic) bond motifs is 1. The van der Waals surface area contributed by atoms with Crippen molar-refractivity contribution in [1.82, 2.24) is 4.98 Å². The highest BCUT2D eigenvalue weighted by molar-refractivity contribution is 7.80. The number of thiocarbonyl (C=S) groups is 1. The smallest absolute Gasteiger partial charge is 0.211 e. The summed E-state index contributed by atoms with van der Waals surface area (Å²) in [7, 11) is 0. The second-order valence-corrected chi connectivity index (χ2v) is 5.88. The minimum absolute atomic E-state index is 0.00369. The zero-order chi connectivity index (χ0) is 18.0. The van der Waals surface area contributed by atoms with E-state index in [2.05, 4.69) is 15.2 Å². The SMILES string of the molecule is Cc1cc(F)ccc1C(=Cc1c(O)[nH]c2ccccc12)N=NC(N)=S. The fourth-order valence-corrected chi connectivity index (χ4v) is 2.65. The minimum Gasteiger partial charge on any atom is -0.494 e. The third kappa shape index (κ3) is 3.56. The predicted molar refractivity (Wildman–Crippen MR) is 101 cm³/mol. The minimum atomic E-state index is -0.346. The molecule has 0 unspecified atom stereocenters. The van der Waals surface area contributed by atoms with Crippen molar-refractivity contribution in [3.05, 3.63) is 65.0 Å². The third-order valence-corrected chi connectivity index (χ3v) is 3.81. The first-order chi connectivity index (χ1) is 12.0. The fourth-order valence-electron chi connectivity index (χ4n) is 2.61. The van der Waals surface area contributed by atoms with Crippen LogP contribution in [-0.4, -0.2) is 15.2 Å². The average Bonchev–Trinajstić information content (AvgIpc) is 2.87. The van der Waals surface area contributed by atoms with Crippen LogP contribution < -0.4 is 5.73 Å². The first kappa shape index (κ1) is 16.8. The molecule has 3 rings (SSSR count). The number of azo groups is 1. The molecular formula is C18H15FN4OS. The number of aryl methyl sites for hydroxylation is 1. The van der Waals surface area contributed by atoms with Gasteiger partial charge >= 0.3 is 0 Å². The van der Waals surface area contributed by atoms with Crippen molar-refractivity contribution in [1.29, 1.82) is 0 Å². The number of hydrogen-bond donors (Lipinski definition) is 3. The predicted octanol–water partition coefficient (Wildman–Crippen LogP) is 4.51. The number of rotatable bonds is 3. The lowest BCUT2D eigenvalue weighted by Crippen LogP contribution is -2.02. The normalized spacial score (nSPS) is 12.2. The van der Waals surface area contributed by atoms with E-state index in [4.69, 9.17) is 18.0 Å². The van der Waals surface area contributed by atoms with E-state index < -0.39 is 0 Å². The van der Waals surface area contributed by atoms with Crippen LogP contribution in [0.1, 0.15) is 16.7 Å². The van der Waals surface area contributed by atoms with E-state index in [0.717, 1.165) is 10.9 Å². The Morgan fingerprint density at radius 3 is 2.72 bits per heavy atom. The summed E-state index contributed by atoms with van der Waals surface area (Å²) in [6, 6.07) is 11.8. The Labute approximate surface area is 148 Å². The Morgan fingerprint density at radius 1 is 1.24 bits per heavy atom. The summed E-state index contributed by atoms with van der Waals surface area (Å²) < 4.78 is 13.4. The van der Waals surface area contributed by atoms with Crippen molar-refractivity contribution in [2.75, 3.05) is 0 Å². The van der Waals surface area contributed by atoms with Crippen LogP contribution in [0.25, 0.3) is 22.7 Å². The van der Waals surface area contributed by atoms with Gasteiger partial charge in [0.2, 0.25) is 5.11 Å². The van der Waals surface area contributed by atoms with E-state index in [1.54, 1.807) is 19.1 Å². The van der Waals surface area contributed by atoms with Gasteiger partial charge in [-0.25, -0.2) is 4.39 Å². The van der Waals surface area contributed by atoms with Crippen molar-refractivity contribution in [2.45, 2.75) is 6.92 Å². The summed E-state index contributed by atoms with van der Waals surface area (Å²) in [6.45, 7) is 1.76. The standard InChI is InChI=1S/C18H15FN4OS/c1-10-8-11(19)6-7-12(10)16(22-23-18(20)25)9-14-13-4-2-3-5-15(13)21-17(14)24/h2-9,21,24H,1H3,(H2,20,25). The van der Waals surface area contributed by atoms with Crippen molar-refractivity contribution in [2.24, 2.45) is 16.0 Å². The number of aromatic hydroxyl groups is 1. The van der Waals surface area contributed by atoms with Crippen LogP contribution in [0.3, 0.4) is 0 Å². The highest BCUT2D eigenvalue weighted by atomic mass is 32.1. The zero-order valence-electron chi connectivity index (χ0n) is 13.3. The number of nitrogens with zero attached hydrogens (tertiary/aromatic N) is 2. The second-order valence-electron chi connectivity index (χ2n) is 5.46. The number of aromatic nitrogens is 1. The van der Waals surface area contributed by atoms with Crippen molar-refractivity contribution < 1.29 is 9.50 Å². The van der Waals surface area contributed by atoms with Gasteiger partial charge in [0.1, 0.15) is 5.82 Å². The molecule has 0 saturated carbocycles. The largest absolute Gasteiger partial charge is 0.494 e. The summed E-state index contributed by atoms with van der Waals surface area (Å²) in [4.78, 5) is 2.90. The van der Waals surface area contributed by atoms with Crippen molar-refractivity contribution in [3.8, 4) is 5.88 Å². The van der Waals surface area contributed by atoms with Gasteiger partial charge in [-0.2, -0.15) is 0 Å². The van der Waals surface area contributed by atoms with Crippen LogP contribution in [0, 0.1) is 12.7 Å². The van der Waals surface area contributed by atoms with Gasteiger partial charge in [-0.3, -0.25) is 0 Å². The van der Waals surface area contributed by atoms with E-state index in [0.29, 0.717) is 22.4 Å². The molecule has 7 heteroatoms. The summed E-state index contributed by atoms with van der Waals surface area (Å²) in [5, 5.41) is 18.8. The lowest BCUT2D eigenvalue weighted by Gasteiger charge is -2.06. The van der Waals surface area contributed by atoms with Gasteiger partial charge in [-0.1, -0.05) is 18.2 Å². The molecule has 0 saturated heterocycles. The van der Waals surface area contributed by atoms with Gasteiger partial charge in [-0.15, -0.1) is 10.2 Å². The molecule has 0 aliphatic carbocycles. The van der Waals surface area contributed by atoms with Crippen LogP contribution in [0.4, 0.5) is 4.39 Å². The van der Waals surface area contributed by atoms with Crippen LogP contribution in [0.15, 0.2) is 52.7 Å². The summed E-state index contributed by atoms with van der Waals surface area (Å²) >= 11 is 4.74. The molecule has 0 fully saturated rings. The third-order valence-electron chi connectivity index (χ3n) is 3.73. The number of para-hydroxylation sites is 1. The van der Waals surface area contributed by atoms with E-state index in [1.165, 1.54) is 12.1 Å². The van der Waals surface area contributed by atoms with E-state index in [-0.39, 0.29) is 16.8 Å². The Morgan fingerprint density at radius 2 is 2.00 bits per heavy atom. The van der Waals surface area contributed by atoms with Crippen molar-refractivity contribution >= 4 is 40.0 Å². The molecule has 0 spiro atoms. The van der Waals surface area contributed by atoms with Crippen LogP contribution >= 0.6 is 12.2 Å². The summed E-state index contributed by atoms with van der Waals surface area (Å²) in [5.74, 6) is -0.342. The maximum absolute atomic E-state index is 13.4. The monoisotopic (exact) mass is 354 g/mol. The van der Waals surface area contributed by atoms with Gasteiger partial charge in [0.25, 0.3) is 0 Å². The Kier molecular flexibility index (Phi) is 4.58. The summed E-state index contributed by atoms with van der Waals surface area (Å²) in [6.07, 6.45) is 1.66. The Bertz CT molecular complexity index is 1020. The molecule has 2 aromatic carbocycles. The lowest BCUT2D eigenvalue weighted by atomic mass is 10.0. The number of hydrogen-bond acceptors (Lipinski definition) is 3. The van der Waals surface area contributed by atoms with E-state index in [9.17, 15) is 9.50 Å². The fraction of sp³-hybridized carbons (Fsp3) is 0.0556. The average molecular weight is 354 g/mol. The van der Waals surface area contributed by atoms with Gasteiger partial charge in [0, 0.05) is 22.0 Å². The van der Waals surface area contributed by atoms with Gasteiger partial charge in [-0.05, 0) is 55.0 Å². The molecule has 25 heavy (non-hydrogen) atoms. The number of nitrogens with two attached hydrogens (primary N) is 1. The lowest BCUT2D eigenvalue weighted by molar-refractivity contribution is 0.457. The number of H-pyrrole nitrogens is 1. The molecule has 126 valence electrons. The second kappa shape index (κ2) is 6.82. The molecule has 0 atom stereocenters. The van der Waals surface area contributed by atoms with Gasteiger partial charge in [0.15, 0.2) is 5.88 Å². The maximum atomic E-state index is 13.4. The molecule has 4 N–H and O–H groups in total. The maximum Gasteiger partial charge on any atom is 0.211 e. The van der Waals surface area contributed by atoms with Crippen molar-refractivity contribution in [3.63, 3.8) is 0 Å². The quantitative estimate of drug-likeness (QED) is 0.477. The molecule has 0 amide bonds. The number of halogens is 1. The number of aromatic amines is 1. The van der Waals surface area contributed by atoms with E-state index in [1.807, 2.05) is 24.3 Å². The number of nitrogens with one attached hydrogen (secondary N) is 1. The molecule has 1 heterocycles. The first-order valence-corrected chi connectivity index (χ1v) is 7.85. The first-order valence-electron chi connectivity index (χ1n) is 7.45. The Balaban J connectivity index is 2.21. The molecular weight excluding hydrogens is 339 g/mol. The van der Waals surface area contributed by atoms with Crippen LogP contribution in [-0.2, 0) is 0 Å². The molecule has 3 aromatic rings. The van der Waals surface area contributed by atoms with E-state index >= 15 is 0 Å². The highest BCUT2D eigenvalue weighted by Crippen LogP contribution is 2.32. The molecule has 0 aliphatic rings. The molecule has 5 nitrogen and oxygen atoms in total. The van der Waals surface area contributed by atoms with Crippen LogP contribution in [0.5, 0.6) is 5.88 Å². The molecule has 0 radical (unpaired) electrons. The summed E-state index contributed by atoms with van der Waals surface area (Å²) in [5.41, 5.74) is 8.48. The van der Waals surface area contributed by atoms with Crippen LogP contribution in [0.2, 0.25) is 0 Å². The topological polar surface area (TPSA) is 86.8 Å². The van der Waals surface area contributed by atoms with Gasteiger partial charge in [0.05, 0.1) is 5.70 Å². The highest BCUT2D eigenvalue weighted by Gasteiger charge is 2.12. The Hall–Kier alpha value is -3.06. The zero-order valence-corrected chi connectivity index (χ0v) is 14.1. The number of benzene rings is 2. The molecule has 1 aromatic heterocycles. The van der Waals surface area contributed by atoms with Gasteiger partial charge < -0.3 is 15.8 Å².